The van der Waals surface area contributed by atoms with Crippen LogP contribution in [0, 0.1) is 6.92 Å². The molecule has 162 valence electrons. The van der Waals surface area contributed by atoms with Gasteiger partial charge >= 0.3 is 0 Å². The van der Waals surface area contributed by atoms with Gasteiger partial charge in [-0.25, -0.2) is 4.68 Å². The third-order valence-electron chi connectivity index (χ3n) is 4.45. The second kappa shape index (κ2) is 10.6. The van der Waals surface area contributed by atoms with Crippen molar-refractivity contribution in [1.29, 1.82) is 0 Å². The predicted octanol–water partition coefficient (Wildman–Crippen LogP) is 4.38. The molecule has 0 atom stereocenters. The second-order valence-electron chi connectivity index (χ2n) is 6.90. The largest absolute Gasteiger partial charge is 0.493 e. The van der Waals surface area contributed by atoms with Gasteiger partial charge in [-0.15, -0.1) is 0 Å². The van der Waals surface area contributed by atoms with Crippen molar-refractivity contribution in [3.63, 3.8) is 0 Å². The van der Waals surface area contributed by atoms with Crippen LogP contribution in [0.25, 0.3) is 5.69 Å². The quantitative estimate of drug-likeness (QED) is 0.483. The zero-order chi connectivity index (χ0) is 22.2. The maximum atomic E-state index is 12.4. The van der Waals surface area contributed by atoms with Gasteiger partial charge in [0.05, 0.1) is 23.6 Å². The zero-order valence-electron chi connectivity index (χ0n) is 17.5. The third-order valence-corrected chi connectivity index (χ3v) is 4.68. The highest BCUT2D eigenvalue weighted by atomic mass is 35.5. The lowest BCUT2D eigenvalue weighted by Gasteiger charge is -2.11. The molecule has 0 fully saturated rings. The number of hydrogen-bond donors (Lipinski definition) is 2. The molecule has 0 radical (unpaired) electrons. The van der Waals surface area contributed by atoms with Crippen molar-refractivity contribution in [3.05, 3.63) is 70.9 Å². The summed E-state index contributed by atoms with van der Waals surface area (Å²) in [5.41, 5.74) is 2.02. The number of anilines is 1. The van der Waals surface area contributed by atoms with Gasteiger partial charge in [-0.3, -0.25) is 9.59 Å². The molecule has 8 heteroatoms. The highest BCUT2D eigenvalue weighted by Gasteiger charge is 2.13. The normalized spacial score (nSPS) is 10.5. The number of halogens is 1. The molecule has 31 heavy (non-hydrogen) atoms. The molecule has 3 aromatic rings. The van der Waals surface area contributed by atoms with Crippen LogP contribution in [0.5, 0.6) is 5.75 Å². The van der Waals surface area contributed by atoms with Crippen LogP contribution in [0.4, 0.5) is 5.82 Å². The maximum Gasteiger partial charge on any atom is 0.255 e. The third kappa shape index (κ3) is 6.08. The number of amides is 2. The van der Waals surface area contributed by atoms with E-state index in [1.54, 1.807) is 41.1 Å². The van der Waals surface area contributed by atoms with E-state index >= 15 is 0 Å². The van der Waals surface area contributed by atoms with Gasteiger partial charge in [0, 0.05) is 24.1 Å². The van der Waals surface area contributed by atoms with E-state index in [4.69, 9.17) is 16.3 Å². The number of carbonyl (C=O) groups excluding carboxylic acids is 2. The number of aryl methyl sites for hydroxylation is 1. The van der Waals surface area contributed by atoms with Gasteiger partial charge in [0.25, 0.3) is 5.91 Å². The first kappa shape index (κ1) is 22.4. The number of nitrogens with one attached hydrogen (secondary N) is 2. The minimum Gasteiger partial charge on any atom is -0.493 e. The van der Waals surface area contributed by atoms with Crippen LogP contribution in [0.2, 0.25) is 5.02 Å². The zero-order valence-corrected chi connectivity index (χ0v) is 18.3. The first-order valence-corrected chi connectivity index (χ1v) is 10.5. The number of aromatic nitrogens is 2. The lowest BCUT2D eigenvalue weighted by molar-refractivity contribution is -0.116. The summed E-state index contributed by atoms with van der Waals surface area (Å²) < 4.78 is 7.13. The molecule has 1 aromatic heterocycles. The van der Waals surface area contributed by atoms with Crippen LogP contribution in [-0.2, 0) is 4.79 Å². The SMILES string of the molecule is CCOc1ccccc1C(=O)NCCCC(=O)Nc1cc(C)nn1-c1cccc(Cl)c1. The fourth-order valence-corrected chi connectivity index (χ4v) is 3.26. The van der Waals surface area contributed by atoms with E-state index in [1.165, 1.54) is 0 Å². The molecule has 0 saturated heterocycles. The highest BCUT2D eigenvalue weighted by Crippen LogP contribution is 2.20. The average molecular weight is 441 g/mol. The number of para-hydroxylation sites is 1. The molecule has 2 amide bonds. The molecule has 2 aromatic carbocycles. The molecular formula is C23H25ClN4O3. The van der Waals surface area contributed by atoms with Gasteiger partial charge in [-0.1, -0.05) is 29.8 Å². The molecule has 0 aliphatic carbocycles. The van der Waals surface area contributed by atoms with Crippen molar-refractivity contribution in [3.8, 4) is 11.4 Å². The Hall–Kier alpha value is -3.32. The standard InChI is InChI=1S/C23H25ClN4O3/c1-3-31-20-11-5-4-10-19(20)23(30)25-13-7-12-22(29)26-21-14-16(2)27-28(21)18-9-6-8-17(24)15-18/h4-6,8-11,14-15H,3,7,12-13H2,1-2H3,(H,25,30)(H,26,29). The van der Waals surface area contributed by atoms with E-state index in [0.29, 0.717) is 41.7 Å². The topological polar surface area (TPSA) is 85.2 Å². The Morgan fingerprint density at radius 2 is 1.94 bits per heavy atom. The predicted molar refractivity (Wildman–Crippen MR) is 121 cm³/mol. The van der Waals surface area contributed by atoms with Crippen molar-refractivity contribution >= 4 is 29.2 Å². The summed E-state index contributed by atoms with van der Waals surface area (Å²) in [5, 5.41) is 10.7. The fraction of sp³-hybridized carbons (Fsp3) is 0.261. The van der Waals surface area contributed by atoms with Crippen LogP contribution < -0.4 is 15.4 Å². The second-order valence-corrected chi connectivity index (χ2v) is 7.34. The van der Waals surface area contributed by atoms with Gasteiger partial charge < -0.3 is 15.4 Å². The molecule has 0 unspecified atom stereocenters. The monoisotopic (exact) mass is 440 g/mol. The summed E-state index contributed by atoms with van der Waals surface area (Å²) in [7, 11) is 0. The fourth-order valence-electron chi connectivity index (χ4n) is 3.08. The Bertz CT molecular complexity index is 1060. The Morgan fingerprint density at radius 3 is 2.71 bits per heavy atom. The van der Waals surface area contributed by atoms with E-state index in [1.807, 2.05) is 32.0 Å². The molecule has 0 bridgehead atoms. The molecule has 3 rings (SSSR count). The van der Waals surface area contributed by atoms with Crippen LogP contribution >= 0.6 is 11.6 Å². The van der Waals surface area contributed by atoms with E-state index in [2.05, 4.69) is 15.7 Å². The van der Waals surface area contributed by atoms with Crippen molar-refractivity contribution in [2.75, 3.05) is 18.5 Å². The van der Waals surface area contributed by atoms with E-state index in [-0.39, 0.29) is 18.2 Å². The molecule has 0 aliphatic heterocycles. The summed E-state index contributed by atoms with van der Waals surface area (Å²) in [6, 6.07) is 16.1. The average Bonchev–Trinajstić information content (AvgIpc) is 3.11. The van der Waals surface area contributed by atoms with Gasteiger partial charge in [0.2, 0.25) is 5.91 Å². The van der Waals surface area contributed by atoms with E-state index in [9.17, 15) is 9.59 Å². The molecule has 0 saturated carbocycles. The number of hydrogen-bond acceptors (Lipinski definition) is 4. The van der Waals surface area contributed by atoms with Crippen molar-refractivity contribution < 1.29 is 14.3 Å². The van der Waals surface area contributed by atoms with Crippen molar-refractivity contribution in [2.45, 2.75) is 26.7 Å². The number of carbonyl (C=O) groups is 2. The molecule has 7 nitrogen and oxygen atoms in total. The van der Waals surface area contributed by atoms with Crippen LogP contribution in [-0.4, -0.2) is 34.7 Å². The molecule has 0 aliphatic rings. The summed E-state index contributed by atoms with van der Waals surface area (Å²) in [6.07, 6.45) is 0.756. The van der Waals surface area contributed by atoms with Crippen LogP contribution in [0.1, 0.15) is 35.8 Å². The maximum absolute atomic E-state index is 12.4. The summed E-state index contributed by atoms with van der Waals surface area (Å²) >= 11 is 6.07. The van der Waals surface area contributed by atoms with Gasteiger partial charge in [0.1, 0.15) is 11.6 Å². The Morgan fingerprint density at radius 1 is 1.13 bits per heavy atom. The van der Waals surface area contributed by atoms with E-state index < -0.39 is 0 Å². The lowest BCUT2D eigenvalue weighted by atomic mass is 10.2. The first-order valence-electron chi connectivity index (χ1n) is 10.1. The number of rotatable bonds is 9. The van der Waals surface area contributed by atoms with Gasteiger partial charge in [-0.05, 0) is 50.6 Å². The van der Waals surface area contributed by atoms with Gasteiger partial charge in [0.15, 0.2) is 0 Å². The number of nitrogens with zero attached hydrogens (tertiary/aromatic N) is 2. The lowest BCUT2D eigenvalue weighted by Crippen LogP contribution is -2.26. The van der Waals surface area contributed by atoms with Crippen molar-refractivity contribution in [2.24, 2.45) is 0 Å². The van der Waals surface area contributed by atoms with Crippen molar-refractivity contribution in [1.82, 2.24) is 15.1 Å². The molecule has 1 heterocycles. The first-order chi connectivity index (χ1) is 15.0. The molecule has 0 spiro atoms. The Kier molecular flexibility index (Phi) is 7.67. The van der Waals surface area contributed by atoms with Crippen LogP contribution in [0.3, 0.4) is 0 Å². The Labute approximate surface area is 186 Å². The minimum atomic E-state index is -0.223. The van der Waals surface area contributed by atoms with Gasteiger partial charge in [-0.2, -0.15) is 5.10 Å². The Balaban J connectivity index is 1.52. The highest BCUT2D eigenvalue weighted by molar-refractivity contribution is 6.30. The summed E-state index contributed by atoms with van der Waals surface area (Å²) in [4.78, 5) is 24.8. The van der Waals surface area contributed by atoms with E-state index in [0.717, 1.165) is 11.4 Å². The summed E-state index contributed by atoms with van der Waals surface area (Å²) in [5.74, 6) is 0.732. The minimum absolute atomic E-state index is 0.160. The number of ether oxygens (including phenoxy) is 1. The molecular weight excluding hydrogens is 416 g/mol. The van der Waals surface area contributed by atoms with Crippen LogP contribution in [0.15, 0.2) is 54.6 Å². The number of benzene rings is 2. The summed E-state index contributed by atoms with van der Waals surface area (Å²) in [6.45, 7) is 4.58. The smallest absolute Gasteiger partial charge is 0.255 e. The molecule has 2 N–H and O–H groups in total.